The average molecular weight is 460 g/mol. The van der Waals surface area contributed by atoms with Crippen molar-refractivity contribution in [1.82, 2.24) is 4.72 Å². The molecule has 0 spiro atoms. The summed E-state index contributed by atoms with van der Waals surface area (Å²) < 4.78 is 70.0. The number of ether oxygens (including phenoxy) is 1. The van der Waals surface area contributed by atoms with Crippen LogP contribution in [0, 0.1) is 29.6 Å². The van der Waals surface area contributed by atoms with Crippen molar-refractivity contribution in [3.8, 4) is 5.75 Å². The highest BCUT2D eigenvalue weighted by atomic mass is 32.2. The van der Waals surface area contributed by atoms with Crippen LogP contribution in [0.5, 0.6) is 5.75 Å². The molecule has 4 fully saturated rings. The molecule has 1 aromatic carbocycles. The fourth-order valence-corrected chi connectivity index (χ4v) is 7.70. The van der Waals surface area contributed by atoms with Gasteiger partial charge < -0.3 is 4.74 Å². The molecule has 0 unspecified atom stereocenters. The fraction of sp³-hybridized carbons (Fsp3) is 0.682. The molecule has 5 rings (SSSR count). The molecule has 0 radical (unpaired) electrons. The number of halogens is 3. The normalized spacial score (nSPS) is 30.4. The number of nitrogens with one attached hydrogen (secondary N) is 1. The van der Waals surface area contributed by atoms with Gasteiger partial charge in [-0.05, 0) is 87.7 Å². The lowest BCUT2D eigenvalue weighted by atomic mass is 9.51. The minimum atomic E-state index is -5.03. The zero-order valence-corrected chi connectivity index (χ0v) is 18.4. The van der Waals surface area contributed by atoms with Crippen molar-refractivity contribution < 1.29 is 31.1 Å². The summed E-state index contributed by atoms with van der Waals surface area (Å²) in [4.78, 5) is 12.5. The molecule has 5 nitrogen and oxygen atoms in total. The van der Waals surface area contributed by atoms with Crippen molar-refractivity contribution >= 4 is 15.8 Å². The van der Waals surface area contributed by atoms with Gasteiger partial charge in [0.1, 0.15) is 10.6 Å². The Morgan fingerprint density at radius 1 is 1.03 bits per heavy atom. The predicted octanol–water partition coefficient (Wildman–Crippen LogP) is 4.67. The molecule has 4 saturated carbocycles. The van der Waals surface area contributed by atoms with Crippen LogP contribution in [0.1, 0.15) is 52.4 Å². The third kappa shape index (κ3) is 4.77. The van der Waals surface area contributed by atoms with E-state index in [9.17, 15) is 26.4 Å². The number of rotatable bonds is 7. The summed E-state index contributed by atoms with van der Waals surface area (Å²) in [6.07, 6.45) is 1.18. The van der Waals surface area contributed by atoms with Gasteiger partial charge in [-0.15, -0.1) is 13.2 Å². The lowest BCUT2D eigenvalue weighted by molar-refractivity contribution is -0.275. The Morgan fingerprint density at radius 2 is 1.58 bits per heavy atom. The van der Waals surface area contributed by atoms with E-state index in [0.29, 0.717) is 18.3 Å². The van der Waals surface area contributed by atoms with Crippen LogP contribution in [-0.2, 0) is 14.8 Å². The largest absolute Gasteiger partial charge is 0.573 e. The molecule has 0 aromatic heterocycles. The summed E-state index contributed by atoms with van der Waals surface area (Å²) in [5, 5.41) is 0. The molecule has 0 heterocycles. The van der Waals surface area contributed by atoms with Gasteiger partial charge in [-0.2, -0.15) is 4.72 Å². The first-order valence-electron chi connectivity index (χ1n) is 10.8. The summed E-state index contributed by atoms with van der Waals surface area (Å²) in [7, 11) is -4.42. The van der Waals surface area contributed by atoms with E-state index in [4.69, 9.17) is 0 Å². The first kappa shape index (κ1) is 22.6. The molecule has 172 valence electrons. The van der Waals surface area contributed by atoms with Gasteiger partial charge in [-0.25, -0.2) is 8.42 Å². The summed E-state index contributed by atoms with van der Waals surface area (Å²) in [6.45, 7) is 2.94. The second kappa shape index (κ2) is 7.76. The maximum Gasteiger partial charge on any atom is 0.573 e. The van der Waals surface area contributed by atoms with E-state index in [1.165, 1.54) is 32.4 Å². The SMILES string of the molecule is CC(C)(NS(=O)(=O)c1ccccc1OC(F)(F)F)C(=O)CC1C2CC3CC(C2)CC1C3. The molecular weight excluding hydrogens is 431 g/mol. The van der Waals surface area contributed by atoms with E-state index >= 15 is 0 Å². The van der Waals surface area contributed by atoms with Crippen LogP contribution in [0.2, 0.25) is 0 Å². The molecule has 1 N–H and O–H groups in total. The van der Waals surface area contributed by atoms with Crippen molar-refractivity contribution in [3.05, 3.63) is 24.3 Å². The zero-order chi connectivity index (χ0) is 22.6. The Balaban J connectivity index is 1.49. The number of hydrogen-bond acceptors (Lipinski definition) is 4. The van der Waals surface area contributed by atoms with E-state index in [1.54, 1.807) is 0 Å². The Morgan fingerprint density at radius 3 is 2.13 bits per heavy atom. The molecule has 9 heteroatoms. The third-order valence-electron chi connectivity index (χ3n) is 7.29. The topological polar surface area (TPSA) is 72.5 Å². The van der Waals surface area contributed by atoms with E-state index in [0.717, 1.165) is 49.7 Å². The number of sulfonamides is 1. The highest BCUT2D eigenvalue weighted by Gasteiger charge is 2.49. The van der Waals surface area contributed by atoms with Gasteiger partial charge in [-0.1, -0.05) is 12.1 Å². The molecular formula is C22H28F3NO4S. The molecule has 4 aliphatic rings. The molecule has 0 amide bonds. The number of Topliss-reactive ketones (excluding diaryl/α,β-unsaturated/α-hetero) is 1. The lowest BCUT2D eigenvalue weighted by Gasteiger charge is -2.54. The maximum atomic E-state index is 13.1. The first-order chi connectivity index (χ1) is 14.3. The third-order valence-corrected chi connectivity index (χ3v) is 8.99. The minimum absolute atomic E-state index is 0.234. The lowest BCUT2D eigenvalue weighted by Crippen LogP contribution is -2.52. The molecule has 31 heavy (non-hydrogen) atoms. The monoisotopic (exact) mass is 459 g/mol. The average Bonchev–Trinajstić information content (AvgIpc) is 2.62. The quantitative estimate of drug-likeness (QED) is 0.643. The molecule has 4 aliphatic carbocycles. The van der Waals surface area contributed by atoms with Crippen molar-refractivity contribution in [3.63, 3.8) is 0 Å². The summed E-state index contributed by atoms with van der Waals surface area (Å²) in [6, 6.07) is 4.52. The molecule has 0 saturated heterocycles. The summed E-state index contributed by atoms with van der Waals surface area (Å²) in [5.41, 5.74) is -1.45. The second-order valence-corrected chi connectivity index (χ2v) is 11.6. The van der Waals surface area contributed by atoms with Gasteiger partial charge in [-0.3, -0.25) is 4.79 Å². The van der Waals surface area contributed by atoms with Crippen molar-refractivity contribution in [2.45, 2.75) is 69.2 Å². The zero-order valence-electron chi connectivity index (χ0n) is 17.6. The highest BCUT2D eigenvalue weighted by molar-refractivity contribution is 7.89. The standard InChI is InChI=1S/C22H28F3NO4S/c1-21(2,20(27)12-17-15-8-13-7-14(10-15)11-16(17)9-13)26-31(28,29)19-6-4-3-5-18(19)30-22(23,24)25/h3-6,13-17,26H,7-12H2,1-2H3. The number of hydrogen-bond donors (Lipinski definition) is 1. The highest BCUT2D eigenvalue weighted by Crippen LogP contribution is 2.57. The summed E-state index contributed by atoms with van der Waals surface area (Å²) >= 11 is 0. The number of benzene rings is 1. The predicted molar refractivity (Wildman–Crippen MR) is 108 cm³/mol. The van der Waals surface area contributed by atoms with Crippen LogP contribution in [0.15, 0.2) is 29.2 Å². The van der Waals surface area contributed by atoms with Gasteiger partial charge in [0.05, 0.1) is 5.54 Å². The van der Waals surface area contributed by atoms with Crippen LogP contribution in [0.4, 0.5) is 13.2 Å². The van der Waals surface area contributed by atoms with Crippen molar-refractivity contribution in [1.29, 1.82) is 0 Å². The molecule has 1 aromatic rings. The smallest absolute Gasteiger partial charge is 0.404 e. The van der Waals surface area contributed by atoms with Gasteiger partial charge in [0, 0.05) is 6.42 Å². The van der Waals surface area contributed by atoms with E-state index in [2.05, 4.69) is 9.46 Å². The van der Waals surface area contributed by atoms with Crippen LogP contribution >= 0.6 is 0 Å². The number of alkyl halides is 3. The van der Waals surface area contributed by atoms with Gasteiger partial charge >= 0.3 is 6.36 Å². The first-order valence-corrected chi connectivity index (χ1v) is 12.2. The van der Waals surface area contributed by atoms with E-state index < -0.39 is 32.6 Å². The van der Waals surface area contributed by atoms with Gasteiger partial charge in [0.25, 0.3) is 0 Å². The van der Waals surface area contributed by atoms with Gasteiger partial charge in [0.15, 0.2) is 5.78 Å². The van der Waals surface area contributed by atoms with E-state index in [1.807, 2.05) is 0 Å². The van der Waals surface area contributed by atoms with Gasteiger partial charge in [0.2, 0.25) is 10.0 Å². The van der Waals surface area contributed by atoms with Crippen LogP contribution < -0.4 is 9.46 Å². The van der Waals surface area contributed by atoms with E-state index in [-0.39, 0.29) is 11.7 Å². The Kier molecular flexibility index (Phi) is 5.65. The van der Waals surface area contributed by atoms with Crippen LogP contribution in [0.25, 0.3) is 0 Å². The molecule has 0 atom stereocenters. The number of para-hydroxylation sites is 1. The Hall–Kier alpha value is -1.61. The minimum Gasteiger partial charge on any atom is -0.404 e. The number of carbonyl (C=O) groups is 1. The Bertz CT molecular complexity index is 930. The van der Waals surface area contributed by atoms with Crippen molar-refractivity contribution in [2.75, 3.05) is 0 Å². The maximum absolute atomic E-state index is 13.1. The van der Waals surface area contributed by atoms with Crippen LogP contribution in [0.3, 0.4) is 0 Å². The molecule has 0 aliphatic heterocycles. The summed E-state index contributed by atoms with van der Waals surface area (Å²) in [5.74, 6) is 1.79. The number of ketones is 1. The van der Waals surface area contributed by atoms with Crippen LogP contribution in [-0.4, -0.2) is 26.1 Å². The number of carbonyl (C=O) groups excluding carboxylic acids is 1. The second-order valence-electron chi connectivity index (χ2n) is 9.95. The Labute approximate surface area is 180 Å². The van der Waals surface area contributed by atoms with Crippen molar-refractivity contribution in [2.24, 2.45) is 29.6 Å². The molecule has 4 bridgehead atoms. The fourth-order valence-electron chi connectivity index (χ4n) is 6.17.